The molecule has 1 aliphatic heterocycles. The average Bonchev–Trinajstić information content (AvgIpc) is 3.17. The number of benzene rings is 2. The summed E-state index contributed by atoms with van der Waals surface area (Å²) in [6, 6.07) is 21.8. The van der Waals surface area contributed by atoms with E-state index in [4.69, 9.17) is 14.8 Å². The van der Waals surface area contributed by atoms with E-state index in [9.17, 15) is 4.79 Å². The Bertz CT molecular complexity index is 777. The summed E-state index contributed by atoms with van der Waals surface area (Å²) in [6.45, 7) is 2.50. The van der Waals surface area contributed by atoms with Crippen LogP contribution in [0.3, 0.4) is 0 Å². The molecule has 1 heterocycles. The van der Waals surface area contributed by atoms with Gasteiger partial charge in [-0.05, 0) is 17.5 Å². The summed E-state index contributed by atoms with van der Waals surface area (Å²) in [5, 5.41) is 10.8. The van der Waals surface area contributed by atoms with Gasteiger partial charge in [0, 0.05) is 19.6 Å². The van der Waals surface area contributed by atoms with Crippen molar-refractivity contribution in [2.45, 2.75) is 32.1 Å². The van der Waals surface area contributed by atoms with Gasteiger partial charge < -0.3 is 9.64 Å². The van der Waals surface area contributed by atoms with Gasteiger partial charge in [-0.2, -0.15) is 10.3 Å². The van der Waals surface area contributed by atoms with E-state index < -0.39 is 6.09 Å². The van der Waals surface area contributed by atoms with Crippen molar-refractivity contribution in [3.05, 3.63) is 71.8 Å². The van der Waals surface area contributed by atoms with Crippen LogP contribution in [-0.4, -0.2) is 41.8 Å². The van der Waals surface area contributed by atoms with E-state index in [1.165, 1.54) is 5.56 Å². The number of carbonyl (C=O) groups excluding carboxylic acids is 1. The zero-order valence-electron chi connectivity index (χ0n) is 15.9. The van der Waals surface area contributed by atoms with Gasteiger partial charge in [0.25, 0.3) is 0 Å². The first-order valence-corrected chi connectivity index (χ1v) is 9.53. The highest BCUT2D eigenvalue weighted by molar-refractivity contribution is 5.67. The fourth-order valence-corrected chi connectivity index (χ4v) is 3.13. The summed E-state index contributed by atoms with van der Waals surface area (Å²) < 4.78 is 5.43. The summed E-state index contributed by atoms with van der Waals surface area (Å²) >= 11 is 0. The molecule has 6 heteroatoms. The van der Waals surface area contributed by atoms with E-state index in [0.29, 0.717) is 19.6 Å². The maximum absolute atomic E-state index is 12.5. The quantitative estimate of drug-likeness (QED) is 0.699. The molecule has 0 aliphatic carbocycles. The highest BCUT2D eigenvalue weighted by Gasteiger charge is 2.28. The lowest BCUT2D eigenvalue weighted by Crippen LogP contribution is -2.38. The Morgan fingerprint density at radius 1 is 1.14 bits per heavy atom. The second kappa shape index (κ2) is 10.5. The molecule has 0 saturated carbocycles. The Labute approximate surface area is 165 Å². The van der Waals surface area contributed by atoms with Crippen LogP contribution >= 0.6 is 0 Å². The summed E-state index contributed by atoms with van der Waals surface area (Å²) in [7, 11) is 0. The third kappa shape index (κ3) is 6.08. The molecule has 2 aromatic carbocycles. The zero-order valence-corrected chi connectivity index (χ0v) is 15.9. The van der Waals surface area contributed by atoms with Gasteiger partial charge >= 0.3 is 6.09 Å². The van der Waals surface area contributed by atoms with Crippen molar-refractivity contribution in [1.82, 2.24) is 9.96 Å². The Kier molecular flexibility index (Phi) is 7.42. The van der Waals surface area contributed by atoms with E-state index in [1.807, 2.05) is 53.6 Å². The molecule has 6 nitrogen and oxygen atoms in total. The van der Waals surface area contributed by atoms with Crippen LogP contribution in [0, 0.1) is 11.3 Å². The maximum atomic E-state index is 12.5. The van der Waals surface area contributed by atoms with Crippen molar-refractivity contribution in [1.29, 1.82) is 5.26 Å². The second-order valence-electron chi connectivity index (χ2n) is 6.76. The minimum Gasteiger partial charge on any atom is -0.445 e. The molecular weight excluding hydrogens is 354 g/mol. The minimum atomic E-state index is -0.413. The molecule has 0 spiro atoms. The van der Waals surface area contributed by atoms with E-state index >= 15 is 0 Å². The third-order valence-electron chi connectivity index (χ3n) is 4.58. The fraction of sp³-hybridized carbons (Fsp3) is 0.364. The number of nitriles is 1. The molecule has 0 aromatic heterocycles. The molecule has 2 aromatic rings. The van der Waals surface area contributed by atoms with E-state index in [0.717, 1.165) is 18.5 Å². The number of rotatable bonds is 8. The number of hydrogen-bond donors (Lipinski definition) is 0. The fourth-order valence-electron chi connectivity index (χ4n) is 3.13. The Morgan fingerprint density at radius 3 is 2.50 bits per heavy atom. The SMILES string of the molecule is N#CCCN(CC1CCN(Cc2ccccc2)O1)C(=O)OCc1ccccc1. The summed E-state index contributed by atoms with van der Waals surface area (Å²) in [5.74, 6) is 0. The normalized spacial score (nSPS) is 16.5. The largest absolute Gasteiger partial charge is 0.445 e. The smallest absolute Gasteiger partial charge is 0.410 e. The predicted octanol–water partition coefficient (Wildman–Crippen LogP) is 3.74. The van der Waals surface area contributed by atoms with Gasteiger partial charge in [0.05, 0.1) is 25.1 Å². The molecule has 1 fully saturated rings. The van der Waals surface area contributed by atoms with Crippen molar-refractivity contribution in [3.8, 4) is 6.07 Å². The first-order valence-electron chi connectivity index (χ1n) is 9.53. The molecule has 1 unspecified atom stereocenters. The lowest BCUT2D eigenvalue weighted by Gasteiger charge is -2.24. The van der Waals surface area contributed by atoms with Gasteiger partial charge in [-0.1, -0.05) is 60.7 Å². The maximum Gasteiger partial charge on any atom is 0.410 e. The van der Waals surface area contributed by atoms with Crippen molar-refractivity contribution in [2.24, 2.45) is 0 Å². The third-order valence-corrected chi connectivity index (χ3v) is 4.58. The first-order chi connectivity index (χ1) is 13.7. The molecule has 1 amide bonds. The van der Waals surface area contributed by atoms with Gasteiger partial charge in [0.15, 0.2) is 0 Å². The number of nitrogens with zero attached hydrogens (tertiary/aromatic N) is 3. The molecule has 1 atom stereocenters. The Hall–Kier alpha value is -2.88. The van der Waals surface area contributed by atoms with Crippen molar-refractivity contribution in [2.75, 3.05) is 19.6 Å². The van der Waals surface area contributed by atoms with Gasteiger partial charge in [-0.25, -0.2) is 4.79 Å². The molecule has 1 aliphatic rings. The predicted molar refractivity (Wildman–Crippen MR) is 105 cm³/mol. The van der Waals surface area contributed by atoms with Gasteiger partial charge in [-0.3, -0.25) is 4.84 Å². The van der Waals surface area contributed by atoms with Crippen LogP contribution in [0.15, 0.2) is 60.7 Å². The zero-order chi connectivity index (χ0) is 19.6. The molecule has 146 valence electrons. The average molecular weight is 379 g/mol. The molecular formula is C22H25N3O3. The lowest BCUT2D eigenvalue weighted by molar-refractivity contribution is -0.155. The molecule has 1 saturated heterocycles. The molecule has 28 heavy (non-hydrogen) atoms. The Balaban J connectivity index is 1.50. The van der Waals surface area contributed by atoms with Crippen LogP contribution in [0.2, 0.25) is 0 Å². The van der Waals surface area contributed by atoms with E-state index in [-0.39, 0.29) is 19.1 Å². The monoisotopic (exact) mass is 379 g/mol. The summed E-state index contributed by atoms with van der Waals surface area (Å²) in [4.78, 5) is 20.1. The topological polar surface area (TPSA) is 65.8 Å². The Morgan fingerprint density at radius 2 is 1.82 bits per heavy atom. The summed E-state index contributed by atoms with van der Waals surface area (Å²) in [6.07, 6.45) is 0.596. The number of amides is 1. The molecule has 0 bridgehead atoms. The van der Waals surface area contributed by atoms with Gasteiger partial charge in [-0.15, -0.1) is 0 Å². The van der Waals surface area contributed by atoms with Crippen molar-refractivity contribution >= 4 is 6.09 Å². The minimum absolute atomic E-state index is 0.0910. The second-order valence-corrected chi connectivity index (χ2v) is 6.76. The highest BCUT2D eigenvalue weighted by atomic mass is 16.7. The van der Waals surface area contributed by atoms with Crippen LogP contribution in [0.1, 0.15) is 24.0 Å². The molecule has 0 radical (unpaired) electrons. The lowest BCUT2D eigenvalue weighted by atomic mass is 10.2. The van der Waals surface area contributed by atoms with Gasteiger partial charge in [0.1, 0.15) is 6.61 Å². The number of carbonyl (C=O) groups is 1. The van der Waals surface area contributed by atoms with Crippen LogP contribution in [0.4, 0.5) is 4.79 Å². The molecule has 3 rings (SSSR count). The van der Waals surface area contributed by atoms with E-state index in [2.05, 4.69) is 18.2 Å². The van der Waals surface area contributed by atoms with Crippen LogP contribution in [0.5, 0.6) is 0 Å². The number of ether oxygens (including phenoxy) is 1. The van der Waals surface area contributed by atoms with Crippen LogP contribution in [0.25, 0.3) is 0 Å². The van der Waals surface area contributed by atoms with Gasteiger partial charge in [0.2, 0.25) is 0 Å². The number of hydrogen-bond acceptors (Lipinski definition) is 5. The first kappa shape index (κ1) is 19.9. The standard InChI is InChI=1S/C22H25N3O3/c23-13-7-14-24(22(26)27-18-20-10-5-2-6-11-20)17-21-12-15-25(28-21)16-19-8-3-1-4-9-19/h1-6,8-11,21H,7,12,14-18H2. The van der Waals surface area contributed by atoms with E-state index in [1.54, 1.807) is 4.90 Å². The van der Waals surface area contributed by atoms with Crippen LogP contribution in [-0.2, 0) is 22.7 Å². The van der Waals surface area contributed by atoms with Crippen molar-refractivity contribution in [3.63, 3.8) is 0 Å². The van der Waals surface area contributed by atoms with Crippen LogP contribution < -0.4 is 0 Å². The van der Waals surface area contributed by atoms with Crippen molar-refractivity contribution < 1.29 is 14.4 Å². The summed E-state index contributed by atoms with van der Waals surface area (Å²) in [5.41, 5.74) is 2.12. The number of hydroxylamine groups is 2. The molecule has 0 N–H and O–H groups in total. The highest BCUT2D eigenvalue weighted by Crippen LogP contribution is 2.18.